The Bertz CT molecular complexity index is 2640. The van der Waals surface area contributed by atoms with E-state index in [4.69, 9.17) is 0 Å². The van der Waals surface area contributed by atoms with Gasteiger partial charge in [0, 0.05) is 54.9 Å². The number of phenols is 1. The summed E-state index contributed by atoms with van der Waals surface area (Å²) in [6.45, 7) is 3.67. The topological polar surface area (TPSA) is 361 Å². The molecule has 1 aliphatic rings. The van der Waals surface area contributed by atoms with Crippen LogP contribution in [0.2, 0.25) is 0 Å². The second-order valence-corrected chi connectivity index (χ2v) is 21.2. The number of H-pyrrole nitrogens is 1. The second kappa shape index (κ2) is 28.5. The molecule has 404 valence electrons. The zero-order chi connectivity index (χ0) is 54.8. The van der Waals surface area contributed by atoms with E-state index in [9.17, 15) is 53.7 Å². The number of carbonyl (C=O) groups excluding carboxylic acids is 7. The van der Waals surface area contributed by atoms with Crippen LogP contribution in [0.25, 0.3) is 10.9 Å². The van der Waals surface area contributed by atoms with Crippen LogP contribution in [0.4, 0.5) is 0 Å². The number of para-hydroxylation sites is 1. The summed E-state index contributed by atoms with van der Waals surface area (Å²) in [6, 6.07) is 10.8. The van der Waals surface area contributed by atoms with Crippen molar-refractivity contribution in [2.45, 2.75) is 107 Å². The van der Waals surface area contributed by atoms with Gasteiger partial charge in [-0.15, -0.1) is 0 Å². The monoisotopic (exact) mass is 1080 g/mol. The molecule has 75 heavy (non-hydrogen) atoms. The number of carboxylic acids is 2. The molecule has 16 N–H and O–H groups in total. The predicted octanol–water partition coefficient (Wildman–Crippen LogP) is -0.730. The van der Waals surface area contributed by atoms with Crippen molar-refractivity contribution < 1.29 is 69.9 Å². The van der Waals surface area contributed by atoms with Crippen molar-refractivity contribution in [3.63, 3.8) is 0 Å². The molecule has 4 aromatic rings. The Kier molecular flexibility index (Phi) is 22.3. The zero-order valence-electron chi connectivity index (χ0n) is 42.0. The van der Waals surface area contributed by atoms with Crippen LogP contribution in [0.15, 0.2) is 85.1 Å². The van der Waals surface area contributed by atoms with Gasteiger partial charge in [-0.2, -0.15) is 0 Å². The molecule has 24 heteroatoms. The number of rotatable bonds is 18. The van der Waals surface area contributed by atoms with Gasteiger partial charge in [-0.25, -0.2) is 4.79 Å². The number of aliphatic carboxylic acids is 2. The number of aromatic amines is 1. The number of aromatic hydroxyl groups is 1. The first-order chi connectivity index (χ1) is 35.8. The molecule has 5 rings (SSSR count). The lowest BCUT2D eigenvalue weighted by Crippen LogP contribution is -2.69. The van der Waals surface area contributed by atoms with Gasteiger partial charge in [0.05, 0.1) is 6.54 Å². The lowest BCUT2D eigenvalue weighted by Gasteiger charge is -2.33. The third-order valence-electron chi connectivity index (χ3n) is 12.6. The van der Waals surface area contributed by atoms with Gasteiger partial charge in [0.2, 0.25) is 35.4 Å². The maximum Gasteiger partial charge on any atom is 0.326 e. The molecule has 0 radical (unpaired) electrons. The number of benzene rings is 3. The Morgan fingerprint density at radius 2 is 1.35 bits per heavy atom. The van der Waals surface area contributed by atoms with Crippen LogP contribution in [-0.2, 0) is 62.4 Å². The molecule has 2 heterocycles. The van der Waals surface area contributed by atoms with Crippen molar-refractivity contribution in [1.29, 1.82) is 0 Å². The summed E-state index contributed by atoms with van der Waals surface area (Å²) < 4.78 is 0. The van der Waals surface area contributed by atoms with Gasteiger partial charge in [0.25, 0.3) is 5.91 Å². The Labute approximate surface area is 441 Å². The number of fused-ring (bicyclic) bond motifs is 1. The Morgan fingerprint density at radius 3 is 1.99 bits per heavy atom. The van der Waals surface area contributed by atoms with Gasteiger partial charge in [-0.3, -0.25) is 38.4 Å². The quantitative estimate of drug-likeness (QED) is 0.0432. The van der Waals surface area contributed by atoms with Crippen molar-refractivity contribution in [3.05, 3.63) is 102 Å². The molecule has 0 bridgehead atoms. The van der Waals surface area contributed by atoms with Gasteiger partial charge < -0.3 is 68.6 Å². The molecular formula is C51H68N10O12S2+2. The van der Waals surface area contributed by atoms with Crippen molar-refractivity contribution in [3.8, 4) is 5.75 Å². The van der Waals surface area contributed by atoms with Gasteiger partial charge in [-0.05, 0) is 60.1 Å². The molecular weight excluding hydrogens is 1010 g/mol. The molecule has 1 fully saturated rings. The lowest BCUT2D eigenvalue weighted by atomic mass is 9.99. The molecule has 0 unspecified atom stereocenters. The maximum absolute atomic E-state index is 15.2. The average molecular weight is 1080 g/mol. The first-order valence-electron chi connectivity index (χ1n) is 24.5. The summed E-state index contributed by atoms with van der Waals surface area (Å²) in [7, 11) is 3.34. The van der Waals surface area contributed by atoms with E-state index in [1.807, 2.05) is 24.3 Å². The Balaban J connectivity index is 1.64. The van der Waals surface area contributed by atoms with Crippen LogP contribution in [0.1, 0.15) is 56.2 Å². The van der Waals surface area contributed by atoms with Crippen molar-refractivity contribution in [2.75, 3.05) is 25.1 Å². The van der Waals surface area contributed by atoms with E-state index < -0.39 is 114 Å². The molecule has 1 aromatic heterocycles. The number of unbranched alkanes of at least 4 members (excludes halogenated alkanes) is 1. The molecule has 0 saturated carbocycles. The second-order valence-electron chi connectivity index (χ2n) is 18.7. The van der Waals surface area contributed by atoms with Crippen molar-refractivity contribution >= 4 is 85.8 Å². The summed E-state index contributed by atoms with van der Waals surface area (Å²) in [5, 5.41) is 46.4. The van der Waals surface area contributed by atoms with E-state index in [1.54, 1.807) is 50.4 Å². The summed E-state index contributed by atoms with van der Waals surface area (Å²) in [6.07, 6.45) is 1.76. The fraction of sp³-hybridized carbons (Fsp3) is 0.431. The van der Waals surface area contributed by atoms with Gasteiger partial charge in [0.15, 0.2) is 6.04 Å². The lowest BCUT2D eigenvalue weighted by molar-refractivity contribution is -0.403. The minimum Gasteiger partial charge on any atom is -0.508 e. The van der Waals surface area contributed by atoms with Crippen LogP contribution < -0.4 is 43.4 Å². The third kappa shape index (κ3) is 17.5. The summed E-state index contributed by atoms with van der Waals surface area (Å²) >= 11 is 0. The fourth-order valence-electron chi connectivity index (χ4n) is 8.31. The zero-order valence-corrected chi connectivity index (χ0v) is 43.7. The Morgan fingerprint density at radius 1 is 0.747 bits per heavy atom. The number of likely N-dealkylation sites (N-methyl/N-ethyl adjacent to an activating group) is 1. The summed E-state index contributed by atoms with van der Waals surface area (Å²) in [5.41, 5.74) is 10.1. The van der Waals surface area contributed by atoms with Gasteiger partial charge in [0.1, 0.15) is 54.5 Å². The number of quaternary nitrogens is 2. The highest BCUT2D eigenvalue weighted by Gasteiger charge is 2.38. The molecule has 3 aromatic carbocycles. The molecule has 22 nitrogen and oxygen atoms in total. The largest absolute Gasteiger partial charge is 0.508 e. The van der Waals surface area contributed by atoms with Crippen LogP contribution in [-0.4, -0.2) is 152 Å². The van der Waals surface area contributed by atoms with Crippen molar-refractivity contribution in [1.82, 2.24) is 41.8 Å². The number of carbonyl (C=O) groups is 9. The van der Waals surface area contributed by atoms with Crippen LogP contribution in [0.5, 0.6) is 5.75 Å². The summed E-state index contributed by atoms with van der Waals surface area (Å²) in [5.74, 6) is -9.57. The van der Waals surface area contributed by atoms with Crippen molar-refractivity contribution in [2.24, 2.45) is 5.92 Å². The Hall–Kier alpha value is -7.15. The average Bonchev–Trinajstić information content (AvgIpc) is 3.78. The number of amides is 7. The minimum atomic E-state index is -1.47. The van der Waals surface area contributed by atoms with E-state index in [0.29, 0.717) is 36.1 Å². The highest BCUT2D eigenvalue weighted by Crippen LogP contribution is 2.25. The first kappa shape index (κ1) is 58.7. The molecule has 1 saturated heterocycles. The number of phenolic OH excluding ortho intramolecular Hbond substituents is 1. The third-order valence-corrected chi connectivity index (χ3v) is 15.0. The first-order valence-corrected chi connectivity index (χ1v) is 27.0. The molecule has 0 aliphatic carbocycles. The maximum atomic E-state index is 15.2. The number of aromatic nitrogens is 1. The van der Waals surface area contributed by atoms with E-state index >= 15 is 4.79 Å². The molecule has 0 spiro atoms. The molecule has 8 atom stereocenters. The van der Waals surface area contributed by atoms with Crippen LogP contribution in [0, 0.1) is 5.92 Å². The molecule has 7 amide bonds. The predicted molar refractivity (Wildman–Crippen MR) is 280 cm³/mol. The summed E-state index contributed by atoms with van der Waals surface area (Å²) in [4.78, 5) is 130. The van der Waals surface area contributed by atoms with E-state index in [-0.39, 0.29) is 42.9 Å². The highest BCUT2D eigenvalue weighted by molar-refractivity contribution is 8.76. The van der Waals surface area contributed by atoms with E-state index in [2.05, 4.69) is 48.4 Å². The number of nitrogens with one attached hydrogen (secondary N) is 7. The molecule has 1 aliphatic heterocycles. The van der Waals surface area contributed by atoms with Gasteiger partial charge in [-0.1, -0.05) is 96.1 Å². The number of hydrogen-bond donors (Lipinski definition) is 12. The van der Waals surface area contributed by atoms with Gasteiger partial charge >= 0.3 is 11.9 Å². The van der Waals surface area contributed by atoms with Crippen LogP contribution in [0.3, 0.4) is 0 Å². The number of carboxylic acid groups (broad SMARTS) is 2. The van der Waals surface area contributed by atoms with E-state index in [1.165, 1.54) is 36.2 Å². The fourth-order valence-corrected chi connectivity index (χ4v) is 10.6. The van der Waals surface area contributed by atoms with E-state index in [0.717, 1.165) is 32.5 Å². The normalized spacial score (nSPS) is 21.5. The SMILES string of the molecule is CC(C)[C@H](NC(=O)[C@@H]1CSSC[C@H](NC(=O)[C@@H]([NH3+])CC(=O)O)C(=O)N[C@@H](Cc2ccccc2)C(=O)N[C@@H](Cc2c[nH]c3ccccc23)C(=O)N(C)[C@@H](CCCC[NH3+])C(=O)N[C@@H](Cc2ccc(O)cc2)C(=O)N1)C(=O)O. The number of nitrogens with zero attached hydrogens (tertiary/aromatic N) is 1. The smallest absolute Gasteiger partial charge is 0.326 e. The highest BCUT2D eigenvalue weighted by atomic mass is 33.1. The standard InChI is InChI=1S/C51H66N10O12S2/c1-28(2)43(51(72)73)60-48(69)40-27-75-74-26-39(58-44(65)34(53)24-42(63)64)47(68)55-36(21-29-11-5-4-6-12-29)45(66)57-38(23-31-25-54-35-14-8-7-13-33(31)35)50(71)61(3)41(15-9-10-20-52)49(70)56-37(46(67)59-40)22-30-16-18-32(62)19-17-30/h4-8,11-14,16-19,25,28,34,36-41,43,54,62H,9-10,15,20-24,26-27,52-53H2,1-3H3,(H,55,68)(H,56,70)(H,57,66)(H,58,65)(H,59,67)(H,60,69)(H,63,64)(H,72,73)/p+2/t34-,36-,37-,38-,39-,40-,41-,43-/m0/s1. The minimum absolute atomic E-state index is 0.0649. The number of hydrogen-bond acceptors (Lipinski definition) is 12. The van der Waals surface area contributed by atoms with Crippen LogP contribution >= 0.6 is 21.6 Å².